The highest BCUT2D eigenvalue weighted by atomic mass is 16.4. The Labute approximate surface area is 137 Å². The van der Waals surface area contributed by atoms with Crippen LogP contribution in [0.3, 0.4) is 0 Å². The van der Waals surface area contributed by atoms with E-state index in [1.54, 1.807) is 6.20 Å². The van der Waals surface area contributed by atoms with Crippen LogP contribution >= 0.6 is 0 Å². The zero-order valence-corrected chi connectivity index (χ0v) is 14.1. The smallest absolute Gasteiger partial charge is 0.223 e. The first-order valence-electron chi connectivity index (χ1n) is 8.24. The molecule has 4 nitrogen and oxygen atoms in total. The second-order valence-electron chi connectivity index (χ2n) is 7.22. The minimum absolute atomic E-state index is 0.197. The van der Waals surface area contributed by atoms with E-state index in [4.69, 9.17) is 4.42 Å². The van der Waals surface area contributed by atoms with Crippen molar-refractivity contribution in [2.45, 2.75) is 46.1 Å². The summed E-state index contributed by atoms with van der Waals surface area (Å²) < 4.78 is 5.77. The highest BCUT2D eigenvalue weighted by molar-refractivity contribution is 5.77. The van der Waals surface area contributed by atoms with Crippen LogP contribution in [0.4, 0.5) is 0 Å². The van der Waals surface area contributed by atoms with Crippen molar-refractivity contribution in [2.24, 2.45) is 5.41 Å². The minimum Gasteiger partial charge on any atom is -0.441 e. The van der Waals surface area contributed by atoms with E-state index in [0.717, 1.165) is 24.3 Å². The molecule has 0 bridgehead atoms. The molecule has 0 N–H and O–H groups in total. The van der Waals surface area contributed by atoms with Gasteiger partial charge in [0.1, 0.15) is 0 Å². The zero-order chi connectivity index (χ0) is 16.4. The summed E-state index contributed by atoms with van der Waals surface area (Å²) in [6, 6.07) is 10.2. The Morgan fingerprint density at radius 2 is 2.09 bits per heavy atom. The van der Waals surface area contributed by atoms with Crippen LogP contribution in [0.2, 0.25) is 0 Å². The molecule has 1 amide bonds. The summed E-state index contributed by atoms with van der Waals surface area (Å²) in [5.74, 6) is 1.58. The molecule has 0 aliphatic carbocycles. The minimum atomic E-state index is 0.197. The zero-order valence-electron chi connectivity index (χ0n) is 14.1. The molecule has 0 radical (unpaired) electrons. The third-order valence-corrected chi connectivity index (χ3v) is 4.46. The number of carbonyl (C=O) groups excluding carboxylic acids is 1. The van der Waals surface area contributed by atoms with Crippen molar-refractivity contribution < 1.29 is 9.21 Å². The van der Waals surface area contributed by atoms with Crippen molar-refractivity contribution >= 4 is 5.91 Å². The molecule has 0 spiro atoms. The molecule has 2 aromatic rings. The summed E-state index contributed by atoms with van der Waals surface area (Å²) in [6.07, 6.45) is 3.80. The maximum absolute atomic E-state index is 12.5. The Kier molecular flexibility index (Phi) is 4.24. The second-order valence-corrected chi connectivity index (χ2v) is 7.22. The van der Waals surface area contributed by atoms with Gasteiger partial charge in [0, 0.05) is 31.0 Å². The van der Waals surface area contributed by atoms with Gasteiger partial charge in [-0.25, -0.2) is 4.98 Å². The quantitative estimate of drug-likeness (QED) is 0.859. The summed E-state index contributed by atoms with van der Waals surface area (Å²) in [6.45, 7) is 7.41. The lowest BCUT2D eigenvalue weighted by atomic mass is 9.91. The number of benzene rings is 1. The van der Waals surface area contributed by atoms with Gasteiger partial charge in [0.2, 0.25) is 5.91 Å². The van der Waals surface area contributed by atoms with E-state index in [0.29, 0.717) is 24.8 Å². The Hall–Kier alpha value is -2.10. The van der Waals surface area contributed by atoms with E-state index in [9.17, 15) is 4.79 Å². The first-order valence-corrected chi connectivity index (χ1v) is 8.24. The molecule has 1 atom stereocenters. The number of likely N-dealkylation sites (tertiary alicyclic amines) is 1. The first-order chi connectivity index (χ1) is 10.9. The van der Waals surface area contributed by atoms with Crippen LogP contribution in [0, 0.1) is 5.41 Å². The van der Waals surface area contributed by atoms with Crippen LogP contribution in [-0.4, -0.2) is 28.4 Å². The van der Waals surface area contributed by atoms with E-state index >= 15 is 0 Å². The predicted molar refractivity (Wildman–Crippen MR) is 89.8 cm³/mol. The van der Waals surface area contributed by atoms with E-state index < -0.39 is 0 Å². The molecule has 4 heteroatoms. The van der Waals surface area contributed by atoms with Gasteiger partial charge in [0.05, 0.1) is 6.20 Å². The molecule has 1 aliphatic heterocycles. The van der Waals surface area contributed by atoms with Crippen LogP contribution in [-0.2, 0) is 11.2 Å². The first kappa shape index (κ1) is 15.8. The summed E-state index contributed by atoms with van der Waals surface area (Å²) in [7, 11) is 0. The Morgan fingerprint density at radius 3 is 2.74 bits per heavy atom. The number of hydrogen-bond acceptors (Lipinski definition) is 3. The van der Waals surface area contributed by atoms with Crippen molar-refractivity contribution in [1.82, 2.24) is 9.88 Å². The summed E-state index contributed by atoms with van der Waals surface area (Å²) in [4.78, 5) is 18.8. The standard InChI is InChI=1S/C19H24N2O2/c1-14-11-19(2,3)13-21(14)18(22)10-9-17-20-12-16(23-17)15-7-5-4-6-8-15/h4-8,12,14H,9-11,13H2,1-3H3. The maximum atomic E-state index is 12.5. The number of amides is 1. The number of nitrogens with zero attached hydrogens (tertiary/aromatic N) is 2. The lowest BCUT2D eigenvalue weighted by molar-refractivity contribution is -0.132. The van der Waals surface area contributed by atoms with Gasteiger partial charge in [-0.05, 0) is 18.8 Å². The average molecular weight is 312 g/mol. The van der Waals surface area contributed by atoms with Crippen LogP contribution in [0.15, 0.2) is 40.9 Å². The lowest BCUT2D eigenvalue weighted by Crippen LogP contribution is -2.34. The average Bonchev–Trinajstić information content (AvgIpc) is 3.09. The highest BCUT2D eigenvalue weighted by Gasteiger charge is 2.37. The third-order valence-electron chi connectivity index (χ3n) is 4.46. The molecular weight excluding hydrogens is 288 g/mol. The van der Waals surface area contributed by atoms with Crippen molar-refractivity contribution in [3.63, 3.8) is 0 Å². The molecule has 2 heterocycles. The number of aromatic nitrogens is 1. The van der Waals surface area contributed by atoms with Crippen LogP contribution in [0.5, 0.6) is 0 Å². The van der Waals surface area contributed by atoms with E-state index in [-0.39, 0.29) is 11.3 Å². The van der Waals surface area contributed by atoms with Gasteiger partial charge in [0.15, 0.2) is 11.7 Å². The highest BCUT2D eigenvalue weighted by Crippen LogP contribution is 2.34. The molecule has 3 rings (SSSR count). The van der Waals surface area contributed by atoms with Gasteiger partial charge < -0.3 is 9.32 Å². The number of oxazole rings is 1. The Morgan fingerprint density at radius 1 is 1.35 bits per heavy atom. The number of hydrogen-bond donors (Lipinski definition) is 0. The largest absolute Gasteiger partial charge is 0.441 e. The van der Waals surface area contributed by atoms with E-state index in [1.165, 1.54) is 0 Å². The van der Waals surface area contributed by atoms with Crippen molar-refractivity contribution in [3.05, 3.63) is 42.4 Å². The SMILES string of the molecule is CC1CC(C)(C)CN1C(=O)CCc1ncc(-c2ccccc2)o1. The monoisotopic (exact) mass is 312 g/mol. The number of aryl methyl sites for hydroxylation is 1. The lowest BCUT2D eigenvalue weighted by Gasteiger charge is -2.22. The molecule has 122 valence electrons. The number of rotatable bonds is 4. The van der Waals surface area contributed by atoms with Crippen molar-refractivity contribution in [1.29, 1.82) is 0 Å². The molecule has 0 saturated carbocycles. The van der Waals surface area contributed by atoms with Crippen LogP contribution < -0.4 is 0 Å². The molecule has 1 aromatic carbocycles. The van der Waals surface area contributed by atoms with E-state index in [1.807, 2.05) is 35.2 Å². The Balaban J connectivity index is 1.59. The van der Waals surface area contributed by atoms with Gasteiger partial charge in [-0.1, -0.05) is 44.2 Å². The molecule has 1 aliphatic rings. The van der Waals surface area contributed by atoms with Gasteiger partial charge >= 0.3 is 0 Å². The van der Waals surface area contributed by atoms with Crippen LogP contribution in [0.25, 0.3) is 11.3 Å². The van der Waals surface area contributed by atoms with Gasteiger partial charge in [0.25, 0.3) is 0 Å². The predicted octanol–water partition coefficient (Wildman–Crippen LogP) is 3.92. The summed E-state index contributed by atoms with van der Waals surface area (Å²) in [5, 5.41) is 0. The molecule has 1 aromatic heterocycles. The van der Waals surface area contributed by atoms with E-state index in [2.05, 4.69) is 25.8 Å². The number of carbonyl (C=O) groups is 1. The van der Waals surface area contributed by atoms with Crippen molar-refractivity contribution in [2.75, 3.05) is 6.54 Å². The summed E-state index contributed by atoms with van der Waals surface area (Å²) in [5.41, 5.74) is 1.23. The summed E-state index contributed by atoms with van der Waals surface area (Å²) >= 11 is 0. The third kappa shape index (κ3) is 3.63. The van der Waals surface area contributed by atoms with Crippen LogP contribution in [0.1, 0.15) is 39.5 Å². The van der Waals surface area contributed by atoms with Gasteiger partial charge in [-0.3, -0.25) is 4.79 Å². The molecule has 23 heavy (non-hydrogen) atoms. The van der Waals surface area contributed by atoms with Gasteiger partial charge in [-0.15, -0.1) is 0 Å². The molecule has 1 saturated heterocycles. The molecular formula is C19H24N2O2. The fourth-order valence-corrected chi connectivity index (χ4v) is 3.44. The topological polar surface area (TPSA) is 46.3 Å². The second kappa shape index (κ2) is 6.19. The molecule has 1 unspecified atom stereocenters. The fourth-order valence-electron chi connectivity index (χ4n) is 3.44. The fraction of sp³-hybridized carbons (Fsp3) is 0.474. The van der Waals surface area contributed by atoms with Gasteiger partial charge in [-0.2, -0.15) is 0 Å². The van der Waals surface area contributed by atoms with Crippen molar-refractivity contribution in [3.8, 4) is 11.3 Å². The normalized spacial score (nSPS) is 20.0. The Bertz CT molecular complexity index is 676. The molecule has 1 fully saturated rings. The maximum Gasteiger partial charge on any atom is 0.223 e.